The van der Waals surface area contributed by atoms with Gasteiger partial charge in [0.2, 0.25) is 0 Å². The van der Waals surface area contributed by atoms with Crippen LogP contribution in [-0.2, 0) is 4.74 Å². The summed E-state index contributed by atoms with van der Waals surface area (Å²) >= 11 is 0. The molecule has 0 spiro atoms. The molecule has 1 aliphatic rings. The van der Waals surface area contributed by atoms with Gasteiger partial charge in [-0.2, -0.15) is 0 Å². The van der Waals surface area contributed by atoms with Crippen LogP contribution in [0.15, 0.2) is 0 Å². The third-order valence-electron chi connectivity index (χ3n) is 5.46. The molecule has 0 saturated heterocycles. The summed E-state index contributed by atoms with van der Waals surface area (Å²) in [7, 11) is 0. The summed E-state index contributed by atoms with van der Waals surface area (Å²) in [5.41, 5.74) is 0. The average molecular weight is 354 g/mol. The second-order valence-corrected chi connectivity index (χ2v) is 7.91. The largest absolute Gasteiger partial charge is 0.446 e. The zero-order valence-electron chi connectivity index (χ0n) is 17.0. The quantitative estimate of drug-likeness (QED) is 0.337. The summed E-state index contributed by atoms with van der Waals surface area (Å²) in [6.45, 7) is 4.48. The first-order valence-corrected chi connectivity index (χ1v) is 11.2. The van der Waals surface area contributed by atoms with E-state index in [4.69, 9.17) is 4.74 Å². The van der Waals surface area contributed by atoms with Gasteiger partial charge >= 0.3 is 6.09 Å². The zero-order chi connectivity index (χ0) is 18.2. The molecule has 1 N–H and O–H groups in total. The number of carbonyl (C=O) groups is 1. The lowest BCUT2D eigenvalue weighted by Crippen LogP contribution is -2.38. The molecule has 0 radical (unpaired) electrons. The first-order chi connectivity index (χ1) is 12.3. The Labute approximate surface area is 156 Å². The Bertz CT molecular complexity index is 313. The lowest BCUT2D eigenvalue weighted by Gasteiger charge is -2.24. The fraction of sp³-hybridized carbons (Fsp3) is 0.955. The van der Waals surface area contributed by atoms with Crippen molar-refractivity contribution in [2.45, 2.75) is 135 Å². The van der Waals surface area contributed by atoms with Crippen LogP contribution >= 0.6 is 0 Å². The van der Waals surface area contributed by atoms with Gasteiger partial charge in [-0.05, 0) is 38.5 Å². The number of carbonyl (C=O) groups excluding carboxylic acids is 1. The smallest absolute Gasteiger partial charge is 0.407 e. The summed E-state index contributed by atoms with van der Waals surface area (Å²) in [5.74, 6) is 0. The van der Waals surface area contributed by atoms with Crippen molar-refractivity contribution >= 4 is 6.09 Å². The highest BCUT2D eigenvalue weighted by Crippen LogP contribution is 2.19. The molecule has 1 atom stereocenters. The van der Waals surface area contributed by atoms with E-state index in [2.05, 4.69) is 19.2 Å². The van der Waals surface area contributed by atoms with Crippen LogP contribution in [0.25, 0.3) is 0 Å². The molecule has 1 amide bonds. The van der Waals surface area contributed by atoms with E-state index >= 15 is 0 Å². The number of hydrogen-bond donors (Lipinski definition) is 1. The number of rotatable bonds is 14. The van der Waals surface area contributed by atoms with Crippen molar-refractivity contribution in [1.29, 1.82) is 0 Å². The molecule has 0 bridgehead atoms. The fourth-order valence-electron chi connectivity index (χ4n) is 3.81. The molecule has 0 aliphatic heterocycles. The molecule has 1 saturated carbocycles. The van der Waals surface area contributed by atoms with Crippen molar-refractivity contribution in [2.75, 3.05) is 0 Å². The minimum absolute atomic E-state index is 0.116. The highest BCUT2D eigenvalue weighted by molar-refractivity contribution is 5.67. The minimum atomic E-state index is -0.170. The van der Waals surface area contributed by atoms with Gasteiger partial charge in [0.15, 0.2) is 0 Å². The van der Waals surface area contributed by atoms with Crippen molar-refractivity contribution in [3.63, 3.8) is 0 Å². The number of hydrogen-bond acceptors (Lipinski definition) is 2. The second kappa shape index (κ2) is 15.5. The van der Waals surface area contributed by atoms with E-state index in [0.29, 0.717) is 6.04 Å². The summed E-state index contributed by atoms with van der Waals surface area (Å²) in [4.78, 5) is 12.2. The van der Waals surface area contributed by atoms with Crippen molar-refractivity contribution < 1.29 is 9.53 Å². The summed E-state index contributed by atoms with van der Waals surface area (Å²) in [6.07, 6.45) is 20.9. The van der Waals surface area contributed by atoms with Gasteiger partial charge in [0.25, 0.3) is 0 Å². The van der Waals surface area contributed by atoms with Crippen molar-refractivity contribution in [3.05, 3.63) is 0 Å². The molecule has 3 nitrogen and oxygen atoms in total. The number of alkyl carbamates (subject to hydrolysis) is 1. The van der Waals surface area contributed by atoms with E-state index in [1.165, 1.54) is 83.5 Å². The van der Waals surface area contributed by atoms with Crippen LogP contribution in [0.2, 0.25) is 0 Å². The number of amides is 1. The molecular formula is C22H43NO2. The predicted octanol–water partition coefficient (Wildman–Crippen LogP) is 7.13. The van der Waals surface area contributed by atoms with E-state index in [9.17, 15) is 4.79 Å². The normalized spacial score (nSPS) is 16.6. The molecular weight excluding hydrogens is 310 g/mol. The minimum Gasteiger partial charge on any atom is -0.446 e. The number of nitrogens with one attached hydrogen (secondary N) is 1. The van der Waals surface area contributed by atoms with Crippen LogP contribution in [-0.4, -0.2) is 18.2 Å². The molecule has 1 fully saturated rings. The number of unbranched alkanes of at least 4 members (excludes halogenated alkanes) is 8. The molecule has 1 rings (SSSR count). The number of ether oxygens (including phenoxy) is 1. The summed E-state index contributed by atoms with van der Waals surface area (Å²) in [6, 6.07) is 0.344. The van der Waals surface area contributed by atoms with Gasteiger partial charge < -0.3 is 10.1 Å². The molecule has 0 aromatic rings. The fourth-order valence-corrected chi connectivity index (χ4v) is 3.81. The molecule has 1 aliphatic carbocycles. The first kappa shape index (κ1) is 22.3. The van der Waals surface area contributed by atoms with Gasteiger partial charge in [-0.3, -0.25) is 0 Å². The SMILES string of the molecule is CCCCCCCCCC(CCCCC)OC(=O)NC1CCCCC1. The van der Waals surface area contributed by atoms with Crippen LogP contribution in [0, 0.1) is 0 Å². The van der Waals surface area contributed by atoms with Crippen LogP contribution in [0.5, 0.6) is 0 Å². The Morgan fingerprint density at radius 1 is 0.840 bits per heavy atom. The Kier molecular flexibility index (Phi) is 13.8. The predicted molar refractivity (Wildman–Crippen MR) is 107 cm³/mol. The van der Waals surface area contributed by atoms with Gasteiger partial charge in [0.05, 0.1) is 0 Å². The van der Waals surface area contributed by atoms with Crippen LogP contribution in [0.1, 0.15) is 123 Å². The zero-order valence-corrected chi connectivity index (χ0v) is 17.0. The molecule has 0 aromatic heterocycles. The Morgan fingerprint density at radius 2 is 1.36 bits per heavy atom. The topological polar surface area (TPSA) is 38.3 Å². The third kappa shape index (κ3) is 12.3. The molecule has 3 heteroatoms. The van der Waals surface area contributed by atoms with Crippen molar-refractivity contribution in [2.24, 2.45) is 0 Å². The average Bonchev–Trinajstić information content (AvgIpc) is 2.61. The lowest BCUT2D eigenvalue weighted by atomic mass is 9.96. The highest BCUT2D eigenvalue weighted by atomic mass is 16.6. The van der Waals surface area contributed by atoms with E-state index in [1.807, 2.05) is 0 Å². The first-order valence-electron chi connectivity index (χ1n) is 11.2. The van der Waals surface area contributed by atoms with Gasteiger partial charge in [0, 0.05) is 6.04 Å². The molecule has 148 valence electrons. The highest BCUT2D eigenvalue weighted by Gasteiger charge is 2.19. The van der Waals surface area contributed by atoms with Crippen molar-refractivity contribution in [1.82, 2.24) is 5.32 Å². The van der Waals surface area contributed by atoms with Crippen LogP contribution in [0.3, 0.4) is 0 Å². The standard InChI is InChI=1S/C22H43NO2/c1-3-5-7-8-9-10-15-19-21(18-12-6-4-2)25-22(24)23-20-16-13-11-14-17-20/h20-21H,3-19H2,1-2H3,(H,23,24). The molecule has 0 aromatic carbocycles. The van der Waals surface area contributed by atoms with Crippen LogP contribution < -0.4 is 5.32 Å². The maximum absolute atomic E-state index is 12.2. The van der Waals surface area contributed by atoms with E-state index in [1.54, 1.807) is 0 Å². The van der Waals surface area contributed by atoms with E-state index in [0.717, 1.165) is 25.7 Å². The second-order valence-electron chi connectivity index (χ2n) is 7.91. The Morgan fingerprint density at radius 3 is 2.00 bits per heavy atom. The van der Waals surface area contributed by atoms with Crippen LogP contribution in [0.4, 0.5) is 4.79 Å². The summed E-state index contributed by atoms with van der Waals surface area (Å²) in [5, 5.41) is 3.10. The lowest BCUT2D eigenvalue weighted by molar-refractivity contribution is 0.0800. The maximum Gasteiger partial charge on any atom is 0.407 e. The molecule has 1 unspecified atom stereocenters. The van der Waals surface area contributed by atoms with Crippen molar-refractivity contribution in [3.8, 4) is 0 Å². The molecule has 0 heterocycles. The monoisotopic (exact) mass is 353 g/mol. The van der Waals surface area contributed by atoms with Gasteiger partial charge in [-0.25, -0.2) is 4.79 Å². The Balaban J connectivity index is 2.21. The maximum atomic E-state index is 12.2. The van der Waals surface area contributed by atoms with E-state index < -0.39 is 0 Å². The Hall–Kier alpha value is -0.730. The molecule has 25 heavy (non-hydrogen) atoms. The summed E-state index contributed by atoms with van der Waals surface area (Å²) < 4.78 is 5.79. The van der Waals surface area contributed by atoms with Gasteiger partial charge in [-0.1, -0.05) is 84.5 Å². The van der Waals surface area contributed by atoms with Gasteiger partial charge in [0.1, 0.15) is 6.10 Å². The third-order valence-corrected chi connectivity index (χ3v) is 5.46. The van der Waals surface area contributed by atoms with Gasteiger partial charge in [-0.15, -0.1) is 0 Å². The van der Waals surface area contributed by atoms with E-state index in [-0.39, 0.29) is 12.2 Å².